The Morgan fingerprint density at radius 2 is 2.00 bits per heavy atom. The van der Waals surface area contributed by atoms with Crippen molar-refractivity contribution in [3.05, 3.63) is 0 Å². The lowest BCUT2D eigenvalue weighted by molar-refractivity contribution is -0.154. The molecule has 0 aromatic heterocycles. The molecular weight excluding hydrogens is 182 g/mol. The van der Waals surface area contributed by atoms with E-state index in [1.807, 2.05) is 0 Å². The average Bonchev–Trinajstić information content (AvgIpc) is 2.18. The largest absolute Gasteiger partial charge is 0.481 e. The van der Waals surface area contributed by atoms with Gasteiger partial charge >= 0.3 is 5.97 Å². The van der Waals surface area contributed by atoms with Gasteiger partial charge < -0.3 is 15.1 Å². The van der Waals surface area contributed by atoms with E-state index in [4.69, 9.17) is 5.11 Å². The lowest BCUT2D eigenvalue weighted by atomic mass is 9.80. The highest BCUT2D eigenvalue weighted by Gasteiger charge is 2.40. The lowest BCUT2D eigenvalue weighted by Crippen LogP contribution is -2.50. The van der Waals surface area contributed by atoms with Gasteiger partial charge in [0.05, 0.1) is 11.5 Å². The molecule has 0 bridgehead atoms. The highest BCUT2D eigenvalue weighted by molar-refractivity contribution is 5.71. The Hall–Kier alpha value is -0.610. The molecule has 0 amide bonds. The third-order valence-electron chi connectivity index (χ3n) is 3.35. The van der Waals surface area contributed by atoms with Crippen LogP contribution in [-0.2, 0) is 4.79 Å². The molecule has 1 heterocycles. The van der Waals surface area contributed by atoms with E-state index >= 15 is 0 Å². The van der Waals surface area contributed by atoms with Crippen molar-refractivity contribution >= 4 is 5.97 Å². The van der Waals surface area contributed by atoms with Crippen molar-refractivity contribution in [2.75, 3.05) is 19.6 Å². The predicted molar refractivity (Wildman–Crippen MR) is 53.1 cm³/mol. The second-order valence-corrected chi connectivity index (χ2v) is 4.10. The van der Waals surface area contributed by atoms with Gasteiger partial charge in [0.15, 0.2) is 0 Å². The van der Waals surface area contributed by atoms with Gasteiger partial charge in [-0.05, 0) is 26.3 Å². The first-order valence-electron chi connectivity index (χ1n) is 5.17. The fraction of sp³-hybridized carbons (Fsp3) is 0.900. The van der Waals surface area contributed by atoms with Gasteiger partial charge in [-0.15, -0.1) is 0 Å². The summed E-state index contributed by atoms with van der Waals surface area (Å²) >= 11 is 0. The van der Waals surface area contributed by atoms with E-state index in [1.54, 1.807) is 6.92 Å². The zero-order valence-electron chi connectivity index (χ0n) is 8.86. The molecule has 4 nitrogen and oxygen atoms in total. The van der Waals surface area contributed by atoms with Crippen LogP contribution in [0.3, 0.4) is 0 Å². The lowest BCUT2D eigenvalue weighted by Gasteiger charge is -2.39. The Bertz CT molecular complexity index is 209. The summed E-state index contributed by atoms with van der Waals surface area (Å²) in [6, 6.07) is 0. The summed E-state index contributed by atoms with van der Waals surface area (Å²) in [5.41, 5.74) is -1.00. The van der Waals surface area contributed by atoms with Crippen LogP contribution in [0.2, 0.25) is 0 Å². The van der Waals surface area contributed by atoms with Gasteiger partial charge in [-0.2, -0.15) is 0 Å². The van der Waals surface area contributed by atoms with E-state index in [0.29, 0.717) is 12.8 Å². The van der Waals surface area contributed by atoms with Gasteiger partial charge in [0.1, 0.15) is 0 Å². The molecule has 4 heteroatoms. The molecule has 1 atom stereocenters. The van der Waals surface area contributed by atoms with Gasteiger partial charge in [-0.25, -0.2) is 0 Å². The average molecular weight is 201 g/mol. The molecule has 14 heavy (non-hydrogen) atoms. The quantitative estimate of drug-likeness (QED) is 0.700. The van der Waals surface area contributed by atoms with Crippen molar-refractivity contribution in [1.82, 2.24) is 4.90 Å². The summed E-state index contributed by atoms with van der Waals surface area (Å²) in [5.74, 6) is -1.57. The molecule has 1 saturated heterocycles. The summed E-state index contributed by atoms with van der Waals surface area (Å²) in [7, 11) is 0. The van der Waals surface area contributed by atoms with Crippen LogP contribution in [0.5, 0.6) is 0 Å². The smallest absolute Gasteiger partial charge is 0.309 e. The van der Waals surface area contributed by atoms with Crippen molar-refractivity contribution in [1.29, 1.82) is 0 Å². The van der Waals surface area contributed by atoms with Gasteiger partial charge in [0.2, 0.25) is 0 Å². The number of piperidine rings is 1. The normalized spacial score (nSPS) is 24.5. The van der Waals surface area contributed by atoms with E-state index in [1.165, 1.54) is 0 Å². The first kappa shape index (κ1) is 11.5. The second-order valence-electron chi connectivity index (χ2n) is 4.10. The molecule has 1 aliphatic heterocycles. The Morgan fingerprint density at radius 3 is 2.36 bits per heavy atom. The van der Waals surface area contributed by atoms with E-state index in [0.717, 1.165) is 19.6 Å². The van der Waals surface area contributed by atoms with Crippen LogP contribution in [0.25, 0.3) is 0 Å². The molecule has 1 unspecified atom stereocenters. The predicted octanol–water partition coefficient (Wildman–Crippen LogP) is 0.554. The van der Waals surface area contributed by atoms with Crippen LogP contribution < -0.4 is 0 Å². The number of hydrogen-bond acceptors (Lipinski definition) is 3. The molecule has 1 rings (SSSR count). The van der Waals surface area contributed by atoms with Crippen LogP contribution >= 0.6 is 0 Å². The van der Waals surface area contributed by atoms with Crippen LogP contribution in [0, 0.1) is 5.92 Å². The molecule has 82 valence electrons. The minimum atomic E-state index is -1.00. The van der Waals surface area contributed by atoms with E-state index in [9.17, 15) is 9.90 Å². The van der Waals surface area contributed by atoms with Crippen LogP contribution in [0.4, 0.5) is 0 Å². The summed E-state index contributed by atoms with van der Waals surface area (Å²) in [5, 5.41) is 19.0. The third kappa shape index (κ3) is 2.25. The summed E-state index contributed by atoms with van der Waals surface area (Å²) in [4.78, 5) is 13.0. The molecular formula is C10H19NO3. The number of carboxylic acids is 1. The molecule has 1 fully saturated rings. The fourth-order valence-electron chi connectivity index (χ4n) is 1.92. The molecule has 1 aliphatic rings. The van der Waals surface area contributed by atoms with E-state index in [2.05, 4.69) is 11.8 Å². The molecule has 0 spiro atoms. The Morgan fingerprint density at radius 1 is 1.50 bits per heavy atom. The standard InChI is InChI=1S/C10H19NO3/c1-3-11-6-4-10(14,5-7-11)8(2)9(12)13/h8,14H,3-7H2,1-2H3,(H,12,13). The van der Waals surface area contributed by atoms with Crippen LogP contribution in [-0.4, -0.2) is 46.3 Å². The number of hydrogen-bond donors (Lipinski definition) is 2. The Kier molecular flexibility index (Phi) is 3.50. The van der Waals surface area contributed by atoms with Gasteiger partial charge in [0.25, 0.3) is 0 Å². The number of aliphatic carboxylic acids is 1. The van der Waals surface area contributed by atoms with Crippen LogP contribution in [0.15, 0.2) is 0 Å². The monoisotopic (exact) mass is 201 g/mol. The molecule has 0 saturated carbocycles. The highest BCUT2D eigenvalue weighted by Crippen LogP contribution is 2.29. The summed E-state index contributed by atoms with van der Waals surface area (Å²) in [6.07, 6.45) is 1.13. The van der Waals surface area contributed by atoms with Crippen molar-refractivity contribution in [2.24, 2.45) is 5.92 Å². The topological polar surface area (TPSA) is 60.8 Å². The Labute approximate surface area is 84.5 Å². The van der Waals surface area contributed by atoms with Crippen molar-refractivity contribution in [2.45, 2.75) is 32.3 Å². The van der Waals surface area contributed by atoms with Crippen molar-refractivity contribution in [3.63, 3.8) is 0 Å². The molecule has 0 aromatic rings. The van der Waals surface area contributed by atoms with Crippen LogP contribution in [0.1, 0.15) is 26.7 Å². The number of nitrogens with zero attached hydrogens (tertiary/aromatic N) is 1. The van der Waals surface area contributed by atoms with E-state index in [-0.39, 0.29) is 0 Å². The SMILES string of the molecule is CCN1CCC(O)(C(C)C(=O)O)CC1. The van der Waals surface area contributed by atoms with Gasteiger partial charge in [-0.1, -0.05) is 6.92 Å². The second kappa shape index (κ2) is 4.28. The van der Waals surface area contributed by atoms with Gasteiger partial charge in [-0.3, -0.25) is 4.79 Å². The number of carbonyl (C=O) groups is 1. The molecule has 0 aromatic carbocycles. The first-order chi connectivity index (χ1) is 6.49. The van der Waals surface area contributed by atoms with Crippen molar-refractivity contribution in [3.8, 4) is 0 Å². The maximum atomic E-state index is 10.8. The van der Waals surface area contributed by atoms with E-state index < -0.39 is 17.5 Å². The molecule has 2 N–H and O–H groups in total. The molecule has 0 aliphatic carbocycles. The fourth-order valence-corrected chi connectivity index (χ4v) is 1.92. The zero-order valence-corrected chi connectivity index (χ0v) is 8.86. The molecule has 0 radical (unpaired) electrons. The maximum Gasteiger partial charge on any atom is 0.309 e. The minimum absolute atomic E-state index is 0.564. The zero-order chi connectivity index (χ0) is 10.8. The van der Waals surface area contributed by atoms with Gasteiger partial charge in [0, 0.05) is 13.1 Å². The first-order valence-corrected chi connectivity index (χ1v) is 5.17. The number of aliphatic hydroxyl groups is 1. The third-order valence-corrected chi connectivity index (χ3v) is 3.35. The minimum Gasteiger partial charge on any atom is -0.481 e. The Balaban J connectivity index is 2.57. The summed E-state index contributed by atoms with van der Waals surface area (Å²) < 4.78 is 0. The highest BCUT2D eigenvalue weighted by atomic mass is 16.4. The summed E-state index contributed by atoms with van der Waals surface area (Å²) in [6.45, 7) is 6.22. The maximum absolute atomic E-state index is 10.8. The number of rotatable bonds is 3. The number of likely N-dealkylation sites (tertiary alicyclic amines) is 1. The number of carboxylic acid groups (broad SMARTS) is 1. The van der Waals surface area contributed by atoms with Crippen molar-refractivity contribution < 1.29 is 15.0 Å².